The largest absolute Gasteiger partial charge is 0.291 e. The predicted molar refractivity (Wildman–Crippen MR) is 66.2 cm³/mol. The Kier molecular flexibility index (Phi) is 2.83. The predicted octanol–water partition coefficient (Wildman–Crippen LogP) is 2.63. The molecule has 0 radical (unpaired) electrons. The Morgan fingerprint density at radius 1 is 1.06 bits per heavy atom. The molecule has 0 atom stereocenters. The number of thiocarbonyl (C=S) groups is 1. The quantitative estimate of drug-likeness (QED) is 0.607. The SMILES string of the molecule is O=S(=O)(N=C=S)c1cccc2ccccc12. The maximum Gasteiger partial charge on any atom is 0.291 e. The third-order valence-corrected chi connectivity index (χ3v) is 3.64. The van der Waals surface area contributed by atoms with Crippen LogP contribution in [0.2, 0.25) is 0 Å². The van der Waals surface area contributed by atoms with Crippen LogP contribution < -0.4 is 0 Å². The van der Waals surface area contributed by atoms with Gasteiger partial charge in [-0.2, -0.15) is 8.42 Å². The highest BCUT2D eigenvalue weighted by atomic mass is 32.2. The van der Waals surface area contributed by atoms with E-state index < -0.39 is 10.0 Å². The molecule has 0 aliphatic heterocycles. The highest BCUT2D eigenvalue weighted by molar-refractivity contribution is 7.91. The van der Waals surface area contributed by atoms with Crippen LogP contribution in [0.25, 0.3) is 10.8 Å². The third-order valence-electron chi connectivity index (χ3n) is 2.18. The number of nitrogens with zero attached hydrogens (tertiary/aromatic N) is 1. The van der Waals surface area contributed by atoms with E-state index in [1.807, 2.05) is 23.4 Å². The average Bonchev–Trinajstić information content (AvgIpc) is 2.28. The summed E-state index contributed by atoms with van der Waals surface area (Å²) in [7, 11) is -3.73. The van der Waals surface area contributed by atoms with Crippen molar-refractivity contribution in [1.82, 2.24) is 0 Å². The number of rotatable bonds is 2. The fourth-order valence-corrected chi connectivity index (χ4v) is 2.72. The van der Waals surface area contributed by atoms with Crippen LogP contribution in [0.4, 0.5) is 0 Å². The molecule has 2 aromatic carbocycles. The highest BCUT2D eigenvalue weighted by Crippen LogP contribution is 2.23. The third kappa shape index (κ3) is 1.88. The summed E-state index contributed by atoms with van der Waals surface area (Å²) in [5, 5.41) is 3.38. The Labute approximate surface area is 98.5 Å². The molecule has 0 heterocycles. The number of hydrogen-bond donors (Lipinski definition) is 0. The zero-order valence-electron chi connectivity index (χ0n) is 8.12. The molecule has 0 unspecified atom stereocenters. The number of sulfonamides is 1. The summed E-state index contributed by atoms with van der Waals surface area (Å²) in [5.41, 5.74) is 0. The molecule has 2 aromatic rings. The summed E-state index contributed by atoms with van der Waals surface area (Å²) in [6.07, 6.45) is 0. The lowest BCUT2D eigenvalue weighted by atomic mass is 10.1. The van der Waals surface area contributed by atoms with Crippen LogP contribution in [-0.2, 0) is 10.0 Å². The number of hydrogen-bond acceptors (Lipinski definition) is 3. The maximum absolute atomic E-state index is 11.8. The van der Waals surface area contributed by atoms with Crippen LogP contribution in [0.5, 0.6) is 0 Å². The number of benzene rings is 2. The van der Waals surface area contributed by atoms with E-state index in [9.17, 15) is 8.42 Å². The molecule has 0 aliphatic carbocycles. The van der Waals surface area contributed by atoms with E-state index in [0.717, 1.165) is 5.39 Å². The monoisotopic (exact) mass is 249 g/mol. The molecule has 0 aliphatic rings. The van der Waals surface area contributed by atoms with Gasteiger partial charge in [-0.15, -0.1) is 4.40 Å². The second-order valence-corrected chi connectivity index (χ2v) is 4.89. The minimum atomic E-state index is -3.73. The molecule has 80 valence electrons. The average molecular weight is 249 g/mol. The summed E-state index contributed by atoms with van der Waals surface area (Å²) in [6, 6.07) is 12.2. The smallest absolute Gasteiger partial charge is 0.199 e. The van der Waals surface area contributed by atoms with Gasteiger partial charge < -0.3 is 0 Å². The Bertz CT molecular complexity index is 681. The van der Waals surface area contributed by atoms with E-state index in [1.54, 1.807) is 18.2 Å². The van der Waals surface area contributed by atoms with Gasteiger partial charge in [0.25, 0.3) is 10.0 Å². The molecule has 0 saturated heterocycles. The Morgan fingerprint density at radius 3 is 2.50 bits per heavy atom. The fourth-order valence-electron chi connectivity index (χ4n) is 1.52. The summed E-state index contributed by atoms with van der Waals surface area (Å²) in [5.74, 6) is 0. The summed E-state index contributed by atoms with van der Waals surface area (Å²) >= 11 is 4.33. The van der Waals surface area contributed by atoms with E-state index in [1.165, 1.54) is 6.07 Å². The molecule has 0 spiro atoms. The Balaban J connectivity index is 2.85. The normalized spacial score (nSPS) is 11.0. The number of fused-ring (bicyclic) bond motifs is 1. The Hall–Kier alpha value is -1.55. The molecule has 0 N–H and O–H groups in total. The lowest BCUT2D eigenvalue weighted by Crippen LogP contribution is -1.96. The first-order chi connectivity index (χ1) is 7.65. The number of isothiocyanates is 1. The zero-order valence-corrected chi connectivity index (χ0v) is 9.75. The van der Waals surface area contributed by atoms with Gasteiger partial charge in [0.05, 0.1) is 10.1 Å². The topological polar surface area (TPSA) is 46.5 Å². The summed E-state index contributed by atoms with van der Waals surface area (Å²) in [4.78, 5) is 0.156. The molecule has 0 amide bonds. The van der Waals surface area contributed by atoms with Crippen LogP contribution in [-0.4, -0.2) is 13.6 Å². The van der Waals surface area contributed by atoms with E-state index in [-0.39, 0.29) is 4.90 Å². The summed E-state index contributed by atoms with van der Waals surface area (Å²) < 4.78 is 26.7. The first kappa shape index (κ1) is 11.0. The molecule has 0 saturated carbocycles. The van der Waals surface area contributed by atoms with Gasteiger partial charge in [-0.3, -0.25) is 0 Å². The molecular weight excluding hydrogens is 242 g/mol. The molecule has 2 rings (SSSR count). The van der Waals surface area contributed by atoms with E-state index >= 15 is 0 Å². The molecule has 3 nitrogen and oxygen atoms in total. The van der Waals surface area contributed by atoms with Gasteiger partial charge in [-0.1, -0.05) is 36.4 Å². The van der Waals surface area contributed by atoms with Crippen molar-refractivity contribution in [2.24, 2.45) is 4.40 Å². The van der Waals surface area contributed by atoms with Gasteiger partial charge in [0, 0.05) is 5.39 Å². The highest BCUT2D eigenvalue weighted by Gasteiger charge is 2.14. The second-order valence-electron chi connectivity index (χ2n) is 3.13. The van der Waals surface area contributed by atoms with E-state index in [4.69, 9.17) is 0 Å². The second kappa shape index (κ2) is 4.14. The van der Waals surface area contributed by atoms with Crippen LogP contribution in [0.15, 0.2) is 51.8 Å². The Morgan fingerprint density at radius 2 is 1.75 bits per heavy atom. The van der Waals surface area contributed by atoms with Crippen LogP contribution in [0.1, 0.15) is 0 Å². The van der Waals surface area contributed by atoms with Gasteiger partial charge in [0.2, 0.25) is 0 Å². The first-order valence-corrected chi connectivity index (χ1v) is 6.32. The van der Waals surface area contributed by atoms with Crippen LogP contribution >= 0.6 is 12.2 Å². The van der Waals surface area contributed by atoms with E-state index in [2.05, 4.69) is 16.6 Å². The lowest BCUT2D eigenvalue weighted by molar-refractivity contribution is 0.599. The minimum Gasteiger partial charge on any atom is -0.199 e. The minimum absolute atomic E-state index is 0.156. The zero-order chi connectivity index (χ0) is 11.6. The molecule has 16 heavy (non-hydrogen) atoms. The van der Waals surface area contributed by atoms with Gasteiger partial charge in [0.1, 0.15) is 0 Å². The van der Waals surface area contributed by atoms with Gasteiger partial charge in [-0.25, -0.2) is 0 Å². The molecule has 0 bridgehead atoms. The first-order valence-electron chi connectivity index (χ1n) is 4.47. The van der Waals surface area contributed by atoms with Gasteiger partial charge in [-0.05, 0) is 23.7 Å². The fraction of sp³-hybridized carbons (Fsp3) is 0. The molecule has 0 fully saturated rings. The van der Waals surface area contributed by atoms with Crippen LogP contribution in [0.3, 0.4) is 0 Å². The lowest BCUT2D eigenvalue weighted by Gasteiger charge is -2.02. The standard InChI is InChI=1S/C11H7NO2S2/c13-16(14,12-8-15)11-7-3-5-9-4-1-2-6-10(9)11/h1-7H. The van der Waals surface area contributed by atoms with Crippen molar-refractivity contribution in [3.8, 4) is 0 Å². The molecule has 5 heteroatoms. The van der Waals surface area contributed by atoms with Crippen LogP contribution in [0, 0.1) is 0 Å². The maximum atomic E-state index is 11.8. The van der Waals surface area contributed by atoms with Crippen molar-refractivity contribution >= 4 is 38.2 Å². The van der Waals surface area contributed by atoms with Crippen molar-refractivity contribution in [2.75, 3.05) is 0 Å². The van der Waals surface area contributed by atoms with Crippen molar-refractivity contribution < 1.29 is 8.42 Å². The van der Waals surface area contributed by atoms with Crippen molar-refractivity contribution in [3.05, 3.63) is 42.5 Å². The van der Waals surface area contributed by atoms with Crippen molar-refractivity contribution in [1.29, 1.82) is 0 Å². The molecule has 0 aromatic heterocycles. The van der Waals surface area contributed by atoms with Gasteiger partial charge in [0.15, 0.2) is 0 Å². The summed E-state index contributed by atoms with van der Waals surface area (Å²) in [6.45, 7) is 0. The molecular formula is C11H7NO2S2. The van der Waals surface area contributed by atoms with E-state index in [0.29, 0.717) is 5.39 Å². The van der Waals surface area contributed by atoms with Gasteiger partial charge >= 0.3 is 0 Å². The van der Waals surface area contributed by atoms with Crippen molar-refractivity contribution in [2.45, 2.75) is 4.90 Å². The van der Waals surface area contributed by atoms with Crippen molar-refractivity contribution in [3.63, 3.8) is 0 Å².